The minimum absolute atomic E-state index is 0.902. The van der Waals surface area contributed by atoms with Gasteiger partial charge >= 0.3 is 0 Å². The first-order valence-corrected chi connectivity index (χ1v) is 5.95. The third kappa shape index (κ3) is 4.33. The molecule has 0 spiro atoms. The van der Waals surface area contributed by atoms with E-state index in [-0.39, 0.29) is 0 Å². The minimum atomic E-state index is 0.902. The smallest absolute Gasteiger partial charge is 0.0172 e. The zero-order valence-electron chi connectivity index (χ0n) is 7.94. The van der Waals surface area contributed by atoms with Crippen molar-refractivity contribution in [3.8, 4) is 0 Å². The van der Waals surface area contributed by atoms with E-state index in [1.54, 1.807) is 0 Å². The van der Waals surface area contributed by atoms with Crippen LogP contribution in [0, 0.1) is 0 Å². The SMILES string of the molecule is CNCCCNCC1CCCS1. The summed E-state index contributed by atoms with van der Waals surface area (Å²) in [7, 11) is 2.01. The van der Waals surface area contributed by atoms with Crippen LogP contribution in [0.2, 0.25) is 0 Å². The molecule has 1 fully saturated rings. The van der Waals surface area contributed by atoms with Gasteiger partial charge < -0.3 is 10.6 Å². The van der Waals surface area contributed by atoms with E-state index in [9.17, 15) is 0 Å². The molecule has 2 nitrogen and oxygen atoms in total. The maximum Gasteiger partial charge on any atom is 0.0172 e. The first-order chi connectivity index (χ1) is 5.93. The molecule has 0 aliphatic carbocycles. The van der Waals surface area contributed by atoms with E-state index < -0.39 is 0 Å². The molecule has 1 unspecified atom stereocenters. The zero-order chi connectivity index (χ0) is 8.65. The van der Waals surface area contributed by atoms with Crippen LogP contribution < -0.4 is 10.6 Å². The molecule has 12 heavy (non-hydrogen) atoms. The van der Waals surface area contributed by atoms with E-state index in [1.807, 2.05) is 7.05 Å². The number of rotatable bonds is 6. The van der Waals surface area contributed by atoms with Crippen molar-refractivity contribution in [2.75, 3.05) is 32.4 Å². The van der Waals surface area contributed by atoms with Crippen molar-refractivity contribution in [1.29, 1.82) is 0 Å². The van der Waals surface area contributed by atoms with Gasteiger partial charge in [-0.1, -0.05) is 0 Å². The lowest BCUT2D eigenvalue weighted by molar-refractivity contribution is 0.606. The molecule has 0 amide bonds. The third-order valence-electron chi connectivity index (χ3n) is 2.18. The zero-order valence-corrected chi connectivity index (χ0v) is 8.75. The molecule has 1 rings (SSSR count). The highest BCUT2D eigenvalue weighted by Crippen LogP contribution is 2.24. The first kappa shape index (κ1) is 10.4. The van der Waals surface area contributed by atoms with E-state index >= 15 is 0 Å². The second-order valence-corrected chi connectivity index (χ2v) is 4.70. The number of hydrogen-bond acceptors (Lipinski definition) is 3. The Kier molecular flexibility index (Phi) is 5.82. The van der Waals surface area contributed by atoms with Crippen LogP contribution in [0.1, 0.15) is 19.3 Å². The first-order valence-electron chi connectivity index (χ1n) is 4.90. The van der Waals surface area contributed by atoms with Gasteiger partial charge in [-0.3, -0.25) is 0 Å². The molecule has 0 aromatic heterocycles. The van der Waals surface area contributed by atoms with Crippen molar-refractivity contribution in [3.05, 3.63) is 0 Å². The summed E-state index contributed by atoms with van der Waals surface area (Å²) in [5, 5.41) is 7.55. The van der Waals surface area contributed by atoms with Crippen molar-refractivity contribution in [3.63, 3.8) is 0 Å². The standard InChI is InChI=1S/C9H20N2S/c1-10-5-3-6-11-8-9-4-2-7-12-9/h9-11H,2-8H2,1H3. The Balaban J connectivity index is 1.81. The highest BCUT2D eigenvalue weighted by Gasteiger charge is 2.13. The van der Waals surface area contributed by atoms with Crippen LogP contribution >= 0.6 is 11.8 Å². The van der Waals surface area contributed by atoms with E-state index in [4.69, 9.17) is 0 Å². The third-order valence-corrected chi connectivity index (χ3v) is 3.57. The molecule has 0 aromatic carbocycles. The minimum Gasteiger partial charge on any atom is -0.320 e. The van der Waals surface area contributed by atoms with Gasteiger partial charge in [-0.25, -0.2) is 0 Å². The Morgan fingerprint density at radius 3 is 3.00 bits per heavy atom. The molecule has 0 aromatic rings. The van der Waals surface area contributed by atoms with Crippen molar-refractivity contribution >= 4 is 11.8 Å². The fourth-order valence-electron chi connectivity index (χ4n) is 1.46. The molecule has 0 saturated carbocycles. The predicted molar refractivity (Wildman–Crippen MR) is 56.9 cm³/mol. The van der Waals surface area contributed by atoms with Crippen molar-refractivity contribution in [1.82, 2.24) is 10.6 Å². The maximum atomic E-state index is 3.50. The van der Waals surface area contributed by atoms with Gasteiger partial charge in [-0.15, -0.1) is 0 Å². The van der Waals surface area contributed by atoms with Gasteiger partial charge in [-0.2, -0.15) is 11.8 Å². The van der Waals surface area contributed by atoms with Crippen molar-refractivity contribution in [2.45, 2.75) is 24.5 Å². The van der Waals surface area contributed by atoms with E-state index in [0.717, 1.165) is 18.3 Å². The summed E-state index contributed by atoms with van der Waals surface area (Å²) in [6.45, 7) is 3.51. The number of hydrogen-bond donors (Lipinski definition) is 2. The highest BCUT2D eigenvalue weighted by atomic mass is 32.2. The van der Waals surface area contributed by atoms with Gasteiger partial charge in [0.05, 0.1) is 0 Å². The summed E-state index contributed by atoms with van der Waals surface area (Å²) in [5.74, 6) is 1.38. The molecule has 0 bridgehead atoms. The monoisotopic (exact) mass is 188 g/mol. The molecule has 1 aliphatic rings. The largest absolute Gasteiger partial charge is 0.320 e. The highest BCUT2D eigenvalue weighted by molar-refractivity contribution is 8.00. The van der Waals surface area contributed by atoms with Crippen LogP contribution in [0.5, 0.6) is 0 Å². The summed E-state index contributed by atoms with van der Waals surface area (Å²) in [6.07, 6.45) is 4.09. The summed E-state index contributed by atoms with van der Waals surface area (Å²) in [5.41, 5.74) is 0. The molecule has 1 heterocycles. The van der Waals surface area contributed by atoms with Gasteiger partial charge in [0.15, 0.2) is 0 Å². The van der Waals surface area contributed by atoms with E-state index in [2.05, 4.69) is 22.4 Å². The topological polar surface area (TPSA) is 24.1 Å². The van der Waals surface area contributed by atoms with Crippen LogP contribution in [-0.2, 0) is 0 Å². The van der Waals surface area contributed by atoms with Crippen LogP contribution in [0.25, 0.3) is 0 Å². The second kappa shape index (κ2) is 6.75. The van der Waals surface area contributed by atoms with Gasteiger partial charge in [0.2, 0.25) is 0 Å². The maximum absolute atomic E-state index is 3.50. The summed E-state index contributed by atoms with van der Waals surface area (Å²) < 4.78 is 0. The van der Waals surface area contributed by atoms with E-state index in [0.29, 0.717) is 0 Å². The van der Waals surface area contributed by atoms with E-state index in [1.165, 1.54) is 31.6 Å². The van der Waals surface area contributed by atoms with Gasteiger partial charge in [0.1, 0.15) is 0 Å². The fourth-order valence-corrected chi connectivity index (χ4v) is 2.69. The molecule has 3 heteroatoms. The molecule has 2 N–H and O–H groups in total. The lowest BCUT2D eigenvalue weighted by Gasteiger charge is -2.09. The lowest BCUT2D eigenvalue weighted by atomic mass is 10.2. The average Bonchev–Trinajstić information content (AvgIpc) is 2.57. The summed E-state index contributed by atoms with van der Waals surface area (Å²) in [6, 6.07) is 0. The molecular weight excluding hydrogens is 168 g/mol. The Hall–Kier alpha value is 0.270. The molecule has 1 aliphatic heterocycles. The van der Waals surface area contributed by atoms with Gasteiger partial charge in [0.25, 0.3) is 0 Å². The second-order valence-electron chi connectivity index (χ2n) is 3.30. The molecule has 0 radical (unpaired) electrons. The van der Waals surface area contributed by atoms with Crippen LogP contribution in [0.15, 0.2) is 0 Å². The van der Waals surface area contributed by atoms with Gasteiger partial charge in [-0.05, 0) is 45.2 Å². The van der Waals surface area contributed by atoms with Crippen LogP contribution in [0.3, 0.4) is 0 Å². The quantitative estimate of drug-likeness (QED) is 0.610. The Bertz CT molecular complexity index is 103. The molecule has 1 atom stereocenters. The molecule has 1 saturated heterocycles. The summed E-state index contributed by atoms with van der Waals surface area (Å²) >= 11 is 2.13. The average molecular weight is 188 g/mol. The Labute approximate surface area is 79.9 Å². The van der Waals surface area contributed by atoms with Crippen molar-refractivity contribution < 1.29 is 0 Å². The Morgan fingerprint density at radius 2 is 2.33 bits per heavy atom. The van der Waals surface area contributed by atoms with Crippen LogP contribution in [-0.4, -0.2) is 37.7 Å². The van der Waals surface area contributed by atoms with Gasteiger partial charge in [0, 0.05) is 11.8 Å². The molecular formula is C9H20N2S. The fraction of sp³-hybridized carbons (Fsp3) is 1.00. The number of thioether (sulfide) groups is 1. The van der Waals surface area contributed by atoms with Crippen molar-refractivity contribution in [2.24, 2.45) is 0 Å². The lowest BCUT2D eigenvalue weighted by Crippen LogP contribution is -2.26. The molecule has 72 valence electrons. The summed E-state index contributed by atoms with van der Waals surface area (Å²) in [4.78, 5) is 0. The van der Waals surface area contributed by atoms with Crippen LogP contribution in [0.4, 0.5) is 0 Å². The number of nitrogens with one attached hydrogen (secondary N) is 2. The normalized spacial score (nSPS) is 23.2. The predicted octanol–water partition coefficient (Wildman–Crippen LogP) is 1.08. The Morgan fingerprint density at radius 1 is 1.42 bits per heavy atom.